The van der Waals surface area contributed by atoms with Crippen LogP contribution in [-0.4, -0.2) is 48.3 Å². The van der Waals surface area contributed by atoms with E-state index in [4.69, 9.17) is 4.74 Å². The first kappa shape index (κ1) is 16.6. The molecule has 1 heterocycles. The first-order valence-corrected chi connectivity index (χ1v) is 7.00. The molecular formula is C15H15FN2O5. The number of likely N-dealkylation sites (tertiary alicyclic amines) is 1. The van der Waals surface area contributed by atoms with Crippen LogP contribution in [0, 0.1) is 5.82 Å². The zero-order valence-corrected chi connectivity index (χ0v) is 12.2. The number of hydrogen-bond acceptors (Lipinski definition) is 5. The largest absolute Gasteiger partial charge is 0.454 e. The molecule has 1 fully saturated rings. The number of esters is 1. The van der Waals surface area contributed by atoms with E-state index in [1.54, 1.807) is 0 Å². The van der Waals surface area contributed by atoms with E-state index in [1.165, 1.54) is 12.1 Å². The van der Waals surface area contributed by atoms with Crippen molar-refractivity contribution in [2.24, 2.45) is 0 Å². The lowest BCUT2D eigenvalue weighted by atomic mass is 10.2. The summed E-state index contributed by atoms with van der Waals surface area (Å²) in [4.78, 5) is 47.2. The summed E-state index contributed by atoms with van der Waals surface area (Å²) in [5.74, 6) is -2.71. The van der Waals surface area contributed by atoms with E-state index in [1.807, 2.05) is 0 Å². The van der Waals surface area contributed by atoms with Crippen LogP contribution in [0.25, 0.3) is 0 Å². The Hall–Kier alpha value is -2.77. The van der Waals surface area contributed by atoms with Crippen molar-refractivity contribution in [1.82, 2.24) is 10.2 Å². The molecule has 0 spiro atoms. The Balaban J connectivity index is 1.72. The standard InChI is InChI=1S/C15H15FN2O5/c16-11-5-3-10(4-6-11)15(22)17-8-14(21)23-9-13(20)18-7-1-2-12(18)19/h3-6H,1-2,7-9H2,(H,17,22). The highest BCUT2D eigenvalue weighted by Crippen LogP contribution is 2.09. The van der Waals surface area contributed by atoms with Crippen molar-refractivity contribution >= 4 is 23.7 Å². The Kier molecular flexibility index (Phi) is 5.40. The minimum Gasteiger partial charge on any atom is -0.454 e. The monoisotopic (exact) mass is 322 g/mol. The number of carbonyl (C=O) groups excluding carboxylic acids is 4. The molecule has 0 radical (unpaired) electrons. The Labute approximate surface area is 131 Å². The Morgan fingerprint density at radius 3 is 2.52 bits per heavy atom. The molecule has 0 aromatic heterocycles. The first-order chi connectivity index (χ1) is 11.0. The van der Waals surface area contributed by atoms with Gasteiger partial charge in [-0.1, -0.05) is 0 Å². The molecule has 2 rings (SSSR count). The second-order valence-electron chi connectivity index (χ2n) is 4.89. The number of ether oxygens (including phenoxy) is 1. The quantitative estimate of drug-likeness (QED) is 0.784. The Morgan fingerprint density at radius 1 is 1.22 bits per heavy atom. The summed E-state index contributed by atoms with van der Waals surface area (Å²) in [5.41, 5.74) is 0.193. The van der Waals surface area contributed by atoms with Crippen molar-refractivity contribution < 1.29 is 28.3 Å². The van der Waals surface area contributed by atoms with Gasteiger partial charge in [0.05, 0.1) is 0 Å². The summed E-state index contributed by atoms with van der Waals surface area (Å²) in [6.07, 6.45) is 0.916. The second kappa shape index (κ2) is 7.48. The number of nitrogens with zero attached hydrogens (tertiary/aromatic N) is 1. The van der Waals surface area contributed by atoms with Crippen LogP contribution in [-0.2, 0) is 19.1 Å². The van der Waals surface area contributed by atoms with Gasteiger partial charge in [-0.2, -0.15) is 0 Å². The van der Waals surface area contributed by atoms with Crippen LogP contribution in [0.15, 0.2) is 24.3 Å². The molecular weight excluding hydrogens is 307 g/mol. The molecule has 7 nitrogen and oxygen atoms in total. The Morgan fingerprint density at radius 2 is 1.91 bits per heavy atom. The normalized spacial score (nSPS) is 13.8. The smallest absolute Gasteiger partial charge is 0.325 e. The third-order valence-electron chi connectivity index (χ3n) is 3.23. The number of halogens is 1. The number of nitrogens with one attached hydrogen (secondary N) is 1. The number of amides is 3. The number of benzene rings is 1. The van der Waals surface area contributed by atoms with E-state index >= 15 is 0 Å². The molecule has 1 aromatic rings. The van der Waals surface area contributed by atoms with Crippen LogP contribution in [0.4, 0.5) is 4.39 Å². The van der Waals surface area contributed by atoms with Crippen LogP contribution in [0.5, 0.6) is 0 Å². The van der Waals surface area contributed by atoms with Crippen molar-refractivity contribution in [3.8, 4) is 0 Å². The lowest BCUT2D eigenvalue weighted by Crippen LogP contribution is -2.37. The Bertz CT molecular complexity index is 629. The third kappa shape index (κ3) is 4.60. The van der Waals surface area contributed by atoms with Gasteiger partial charge in [0, 0.05) is 18.5 Å². The summed E-state index contributed by atoms with van der Waals surface area (Å²) in [6.45, 7) is -0.648. The minimum absolute atomic E-state index is 0.193. The average molecular weight is 322 g/mol. The van der Waals surface area contributed by atoms with Crippen molar-refractivity contribution in [3.63, 3.8) is 0 Å². The van der Waals surface area contributed by atoms with E-state index in [2.05, 4.69) is 5.32 Å². The molecule has 1 saturated heterocycles. The molecule has 0 aliphatic carbocycles. The maximum absolute atomic E-state index is 12.7. The molecule has 122 valence electrons. The fourth-order valence-corrected chi connectivity index (χ4v) is 2.04. The highest BCUT2D eigenvalue weighted by Gasteiger charge is 2.26. The zero-order valence-electron chi connectivity index (χ0n) is 12.2. The molecule has 1 aromatic carbocycles. The summed E-state index contributed by atoms with van der Waals surface area (Å²) in [7, 11) is 0. The van der Waals surface area contributed by atoms with Gasteiger partial charge in [0.15, 0.2) is 6.61 Å². The van der Waals surface area contributed by atoms with Crippen molar-refractivity contribution in [2.75, 3.05) is 19.7 Å². The van der Waals surface area contributed by atoms with Gasteiger partial charge in [-0.25, -0.2) is 4.39 Å². The molecule has 8 heteroatoms. The minimum atomic E-state index is -0.805. The second-order valence-corrected chi connectivity index (χ2v) is 4.89. The molecule has 23 heavy (non-hydrogen) atoms. The van der Waals surface area contributed by atoms with Crippen molar-refractivity contribution in [1.29, 1.82) is 0 Å². The van der Waals surface area contributed by atoms with Crippen molar-refractivity contribution in [3.05, 3.63) is 35.6 Å². The van der Waals surface area contributed by atoms with Gasteiger partial charge in [0.25, 0.3) is 11.8 Å². The van der Waals surface area contributed by atoms with E-state index < -0.39 is 36.8 Å². The number of carbonyl (C=O) groups is 4. The van der Waals surface area contributed by atoms with Crippen LogP contribution >= 0.6 is 0 Å². The van der Waals surface area contributed by atoms with Crippen LogP contribution in [0.2, 0.25) is 0 Å². The van der Waals surface area contributed by atoms with Gasteiger partial charge in [-0.3, -0.25) is 24.1 Å². The number of imide groups is 1. The molecule has 0 unspecified atom stereocenters. The van der Waals surface area contributed by atoms with Gasteiger partial charge in [-0.15, -0.1) is 0 Å². The number of hydrogen-bond donors (Lipinski definition) is 1. The predicted octanol–water partition coefficient (Wildman–Crippen LogP) is 0.248. The van der Waals surface area contributed by atoms with E-state index in [9.17, 15) is 23.6 Å². The number of rotatable bonds is 5. The van der Waals surface area contributed by atoms with E-state index in [0.29, 0.717) is 19.4 Å². The average Bonchev–Trinajstić information content (AvgIpc) is 2.97. The third-order valence-corrected chi connectivity index (χ3v) is 3.23. The van der Waals surface area contributed by atoms with Gasteiger partial charge in [-0.05, 0) is 30.7 Å². The van der Waals surface area contributed by atoms with Crippen molar-refractivity contribution in [2.45, 2.75) is 12.8 Å². The summed E-state index contributed by atoms with van der Waals surface area (Å²) in [6, 6.07) is 4.80. The van der Waals surface area contributed by atoms with E-state index in [0.717, 1.165) is 17.0 Å². The maximum Gasteiger partial charge on any atom is 0.325 e. The van der Waals surface area contributed by atoms with Gasteiger partial charge < -0.3 is 10.1 Å². The summed E-state index contributed by atoms with van der Waals surface area (Å²) >= 11 is 0. The van der Waals surface area contributed by atoms with Crippen LogP contribution < -0.4 is 5.32 Å². The topological polar surface area (TPSA) is 92.8 Å². The molecule has 3 amide bonds. The predicted molar refractivity (Wildman–Crippen MR) is 75.6 cm³/mol. The fourth-order valence-electron chi connectivity index (χ4n) is 2.04. The first-order valence-electron chi connectivity index (χ1n) is 7.00. The van der Waals surface area contributed by atoms with Gasteiger partial charge in [0.1, 0.15) is 12.4 Å². The fraction of sp³-hybridized carbons (Fsp3) is 0.333. The van der Waals surface area contributed by atoms with Crippen LogP contribution in [0.3, 0.4) is 0 Å². The summed E-state index contributed by atoms with van der Waals surface area (Å²) < 4.78 is 17.4. The van der Waals surface area contributed by atoms with Gasteiger partial charge >= 0.3 is 5.97 Å². The highest BCUT2D eigenvalue weighted by atomic mass is 19.1. The molecule has 0 saturated carbocycles. The molecule has 1 aliphatic rings. The lowest BCUT2D eigenvalue weighted by Gasteiger charge is -2.13. The maximum atomic E-state index is 12.7. The lowest BCUT2D eigenvalue weighted by molar-refractivity contribution is -0.154. The van der Waals surface area contributed by atoms with Crippen LogP contribution in [0.1, 0.15) is 23.2 Å². The zero-order chi connectivity index (χ0) is 16.8. The van der Waals surface area contributed by atoms with Gasteiger partial charge in [0.2, 0.25) is 5.91 Å². The highest BCUT2D eigenvalue weighted by molar-refractivity contribution is 5.98. The molecule has 0 atom stereocenters. The van der Waals surface area contributed by atoms with E-state index in [-0.39, 0.29) is 11.5 Å². The molecule has 0 bridgehead atoms. The SMILES string of the molecule is O=C(CNC(=O)c1ccc(F)cc1)OCC(=O)N1CCCC1=O. The molecule has 1 N–H and O–H groups in total. The molecule has 1 aliphatic heterocycles. The summed E-state index contributed by atoms with van der Waals surface area (Å²) in [5, 5.41) is 2.29.